The Bertz CT molecular complexity index is 133. The molecule has 2 heteroatoms. The Morgan fingerprint density at radius 3 is 0.812 bits per heavy atom. The number of rotatable bonds is 9. The molecule has 0 atom stereocenters. The summed E-state index contributed by atoms with van der Waals surface area (Å²) in [5, 5.41) is 0. The van der Waals surface area contributed by atoms with Crippen molar-refractivity contribution in [2.75, 3.05) is 0 Å². The molecule has 0 aromatic rings. The predicted octanol–water partition coefficient (Wildman–Crippen LogP) is 6.31. The first-order valence-electron chi connectivity index (χ1n) is 6.94. The first kappa shape index (κ1) is 16.7. The van der Waals surface area contributed by atoms with Gasteiger partial charge in [0.05, 0.1) is 0 Å². The topological polar surface area (TPSA) is 0 Å². The van der Waals surface area contributed by atoms with Crippen LogP contribution in [0.5, 0.6) is 0 Å². The van der Waals surface area contributed by atoms with Crippen molar-refractivity contribution in [2.45, 2.75) is 89.6 Å². The molecule has 0 aromatic carbocycles. The van der Waals surface area contributed by atoms with E-state index in [-0.39, 0.29) is 0 Å². The van der Waals surface area contributed by atoms with Crippen LogP contribution >= 0.6 is 21.6 Å². The molecule has 0 heterocycles. The van der Waals surface area contributed by atoms with Crippen molar-refractivity contribution in [3.8, 4) is 0 Å². The lowest BCUT2D eigenvalue weighted by molar-refractivity contribution is 0.527. The molecule has 0 N–H and O–H groups in total. The first-order valence-corrected chi connectivity index (χ1v) is 9.09. The van der Waals surface area contributed by atoms with E-state index in [1.807, 2.05) is 0 Å². The van der Waals surface area contributed by atoms with Crippen LogP contribution in [0, 0.1) is 0 Å². The molecular weight excluding hydrogens is 232 g/mol. The summed E-state index contributed by atoms with van der Waals surface area (Å²) in [6.07, 6.45) is 7.78. The molecule has 0 radical (unpaired) electrons. The van der Waals surface area contributed by atoms with E-state index in [4.69, 9.17) is 0 Å². The molecule has 0 nitrogen and oxygen atoms in total. The van der Waals surface area contributed by atoms with Crippen LogP contribution in [0.4, 0.5) is 0 Å². The fourth-order valence-electron chi connectivity index (χ4n) is 2.03. The van der Waals surface area contributed by atoms with Crippen LogP contribution in [0.3, 0.4) is 0 Å². The molecule has 0 spiro atoms. The number of hydrogen-bond acceptors (Lipinski definition) is 2. The average Bonchev–Trinajstić information content (AvgIpc) is 2.37. The van der Waals surface area contributed by atoms with Crippen LogP contribution in [0.2, 0.25) is 0 Å². The second-order valence-electron chi connectivity index (χ2n) is 4.65. The smallest absolute Gasteiger partial charge is 0.0256 e. The van der Waals surface area contributed by atoms with Gasteiger partial charge in [-0.25, -0.2) is 0 Å². The minimum absolute atomic E-state index is 0.509. The summed E-state index contributed by atoms with van der Waals surface area (Å²) in [5.74, 6) is 0. The van der Waals surface area contributed by atoms with E-state index in [0.29, 0.717) is 9.49 Å². The van der Waals surface area contributed by atoms with Gasteiger partial charge in [0, 0.05) is 9.49 Å². The summed E-state index contributed by atoms with van der Waals surface area (Å²) >= 11 is 0. The summed E-state index contributed by atoms with van der Waals surface area (Å²) in [6, 6.07) is 0. The van der Waals surface area contributed by atoms with Crippen molar-refractivity contribution >= 4 is 21.6 Å². The largest absolute Gasteiger partial charge is 0.0868 e. The molecule has 0 bridgehead atoms. The van der Waals surface area contributed by atoms with Crippen LogP contribution in [0.1, 0.15) is 80.1 Å². The molecule has 98 valence electrons. The van der Waals surface area contributed by atoms with Crippen LogP contribution in [0.25, 0.3) is 0 Å². The summed E-state index contributed by atoms with van der Waals surface area (Å²) in [7, 11) is 4.33. The first-order chi connectivity index (χ1) is 7.57. The van der Waals surface area contributed by atoms with Crippen LogP contribution < -0.4 is 0 Å². The van der Waals surface area contributed by atoms with Crippen molar-refractivity contribution < 1.29 is 0 Å². The van der Waals surface area contributed by atoms with Crippen LogP contribution in [-0.2, 0) is 0 Å². The highest BCUT2D eigenvalue weighted by Crippen LogP contribution is 2.52. The fourth-order valence-corrected chi connectivity index (χ4v) is 6.27. The third kappa shape index (κ3) is 4.18. The Labute approximate surface area is 111 Å². The average molecular weight is 263 g/mol. The van der Waals surface area contributed by atoms with Crippen molar-refractivity contribution in [3.05, 3.63) is 0 Å². The Balaban J connectivity index is 4.48. The van der Waals surface area contributed by atoms with Crippen LogP contribution in [-0.4, -0.2) is 9.49 Å². The number of hydrogen-bond donors (Lipinski definition) is 0. The lowest BCUT2D eigenvalue weighted by atomic mass is 9.99. The van der Waals surface area contributed by atoms with Gasteiger partial charge in [0.25, 0.3) is 0 Å². The standard InChI is InChI=1S/C14H30S2/c1-7-13(8-2,9-3)15-16-14(10-4,11-5)12-6/h7-12H2,1-6H3. The molecule has 0 aliphatic heterocycles. The highest BCUT2D eigenvalue weighted by Gasteiger charge is 2.31. The zero-order valence-corrected chi connectivity index (χ0v) is 13.7. The van der Waals surface area contributed by atoms with Crippen molar-refractivity contribution in [2.24, 2.45) is 0 Å². The van der Waals surface area contributed by atoms with E-state index in [2.05, 4.69) is 63.1 Å². The Kier molecular flexibility index (Phi) is 8.26. The van der Waals surface area contributed by atoms with E-state index >= 15 is 0 Å². The van der Waals surface area contributed by atoms with Gasteiger partial charge < -0.3 is 0 Å². The molecular formula is C14H30S2. The normalized spacial score (nSPS) is 13.1. The third-order valence-electron chi connectivity index (χ3n) is 4.26. The Morgan fingerprint density at radius 1 is 0.500 bits per heavy atom. The molecule has 0 aliphatic carbocycles. The van der Waals surface area contributed by atoms with Gasteiger partial charge in [-0.05, 0) is 38.5 Å². The second-order valence-corrected chi connectivity index (χ2v) is 7.72. The SMILES string of the molecule is CCC(CC)(CC)SSC(CC)(CC)CC. The molecule has 0 rings (SSSR count). The quantitative estimate of drug-likeness (QED) is 0.447. The van der Waals surface area contributed by atoms with E-state index in [1.165, 1.54) is 38.5 Å². The Hall–Kier alpha value is 0.700. The molecule has 0 fully saturated rings. The predicted molar refractivity (Wildman–Crippen MR) is 82.4 cm³/mol. The summed E-state index contributed by atoms with van der Waals surface area (Å²) in [4.78, 5) is 0. The van der Waals surface area contributed by atoms with Crippen molar-refractivity contribution in [1.82, 2.24) is 0 Å². The molecule has 0 aromatic heterocycles. The lowest BCUT2D eigenvalue weighted by Gasteiger charge is -2.36. The highest BCUT2D eigenvalue weighted by atomic mass is 33.1. The van der Waals surface area contributed by atoms with Gasteiger partial charge in [-0.2, -0.15) is 0 Å². The Morgan fingerprint density at radius 2 is 0.688 bits per heavy atom. The van der Waals surface area contributed by atoms with Gasteiger partial charge in [-0.1, -0.05) is 63.1 Å². The van der Waals surface area contributed by atoms with Crippen molar-refractivity contribution in [3.63, 3.8) is 0 Å². The molecule has 0 saturated heterocycles. The lowest BCUT2D eigenvalue weighted by Crippen LogP contribution is -2.25. The molecule has 0 unspecified atom stereocenters. The van der Waals surface area contributed by atoms with Gasteiger partial charge in [0.15, 0.2) is 0 Å². The molecule has 0 saturated carbocycles. The van der Waals surface area contributed by atoms with Gasteiger partial charge in [0.1, 0.15) is 0 Å². The van der Waals surface area contributed by atoms with Crippen LogP contribution in [0.15, 0.2) is 0 Å². The van der Waals surface area contributed by atoms with E-state index in [0.717, 1.165) is 0 Å². The van der Waals surface area contributed by atoms with Gasteiger partial charge in [-0.15, -0.1) is 0 Å². The van der Waals surface area contributed by atoms with E-state index in [9.17, 15) is 0 Å². The highest BCUT2D eigenvalue weighted by molar-refractivity contribution is 8.77. The van der Waals surface area contributed by atoms with E-state index in [1.54, 1.807) is 0 Å². The zero-order chi connectivity index (χ0) is 12.7. The minimum atomic E-state index is 0.509. The zero-order valence-electron chi connectivity index (χ0n) is 12.1. The van der Waals surface area contributed by atoms with Crippen molar-refractivity contribution in [1.29, 1.82) is 0 Å². The summed E-state index contributed by atoms with van der Waals surface area (Å²) in [6.45, 7) is 14.0. The summed E-state index contributed by atoms with van der Waals surface area (Å²) in [5.41, 5.74) is 0. The maximum absolute atomic E-state index is 2.34. The second kappa shape index (κ2) is 7.92. The summed E-state index contributed by atoms with van der Waals surface area (Å²) < 4.78 is 1.02. The minimum Gasteiger partial charge on any atom is -0.0868 e. The third-order valence-corrected chi connectivity index (χ3v) is 9.16. The molecule has 16 heavy (non-hydrogen) atoms. The molecule has 0 aliphatic rings. The van der Waals surface area contributed by atoms with Gasteiger partial charge in [-0.3, -0.25) is 0 Å². The van der Waals surface area contributed by atoms with E-state index < -0.39 is 0 Å². The molecule has 0 amide bonds. The van der Waals surface area contributed by atoms with Gasteiger partial charge >= 0.3 is 0 Å². The maximum Gasteiger partial charge on any atom is 0.0256 e. The fraction of sp³-hybridized carbons (Fsp3) is 1.00. The maximum atomic E-state index is 2.34. The van der Waals surface area contributed by atoms with Gasteiger partial charge in [0.2, 0.25) is 0 Å². The monoisotopic (exact) mass is 262 g/mol.